The molecule has 2 aliphatic rings. The number of hydrogen-bond acceptors (Lipinski definition) is 5. The minimum Gasteiger partial charge on any atom is -0.483 e. The summed E-state index contributed by atoms with van der Waals surface area (Å²) in [5.74, 6) is 2.30. The first-order valence-electron chi connectivity index (χ1n) is 12.8. The van der Waals surface area contributed by atoms with Gasteiger partial charge in [0.1, 0.15) is 11.4 Å². The fraction of sp³-hybridized carbons (Fsp3) is 0.464. The smallest absolute Gasteiger partial charge is 0.346 e. The number of para-hydroxylation sites is 1. The Hall–Kier alpha value is -3.55. The summed E-state index contributed by atoms with van der Waals surface area (Å²) in [7, 11) is 0. The molecule has 1 amide bonds. The number of amides is 1. The predicted molar refractivity (Wildman–Crippen MR) is 137 cm³/mol. The number of carbonyl (C=O) groups is 1. The van der Waals surface area contributed by atoms with Crippen LogP contribution in [0.15, 0.2) is 53.3 Å². The number of piperidine rings is 1. The molecule has 0 bridgehead atoms. The van der Waals surface area contributed by atoms with Crippen LogP contribution >= 0.6 is 0 Å². The quantitative estimate of drug-likeness (QED) is 0.506. The van der Waals surface area contributed by atoms with E-state index in [4.69, 9.17) is 14.6 Å². The number of carbonyl (C=O) groups excluding carboxylic acids is 1. The van der Waals surface area contributed by atoms with Gasteiger partial charge in [-0.25, -0.2) is 9.48 Å². The zero-order chi connectivity index (χ0) is 25.3. The zero-order valence-electron chi connectivity index (χ0n) is 21.3. The van der Waals surface area contributed by atoms with Crippen molar-refractivity contribution in [2.75, 3.05) is 19.7 Å². The van der Waals surface area contributed by atoms with Gasteiger partial charge in [-0.05, 0) is 45.2 Å². The lowest BCUT2D eigenvalue weighted by Gasteiger charge is -2.31. The largest absolute Gasteiger partial charge is 0.483 e. The van der Waals surface area contributed by atoms with E-state index >= 15 is 0 Å². The molecule has 8 heteroatoms. The Bertz CT molecular complexity index is 1290. The first kappa shape index (κ1) is 24.2. The lowest BCUT2D eigenvalue weighted by molar-refractivity contribution is -0.134. The first-order chi connectivity index (χ1) is 17.3. The van der Waals surface area contributed by atoms with E-state index in [1.807, 2.05) is 60.4 Å². The van der Waals surface area contributed by atoms with Crippen LogP contribution in [0.3, 0.4) is 0 Å². The Kier molecular flexibility index (Phi) is 6.60. The number of nitrogens with zero attached hydrogens (tertiary/aromatic N) is 4. The summed E-state index contributed by atoms with van der Waals surface area (Å²) < 4.78 is 15.3. The van der Waals surface area contributed by atoms with E-state index in [1.165, 1.54) is 0 Å². The van der Waals surface area contributed by atoms with E-state index in [9.17, 15) is 9.59 Å². The van der Waals surface area contributed by atoms with Gasteiger partial charge >= 0.3 is 5.69 Å². The van der Waals surface area contributed by atoms with Crippen molar-refractivity contribution in [1.29, 1.82) is 0 Å². The summed E-state index contributed by atoms with van der Waals surface area (Å²) in [5.41, 5.74) is 1.81. The Labute approximate surface area is 211 Å². The molecule has 3 heterocycles. The monoisotopic (exact) mass is 490 g/mol. The van der Waals surface area contributed by atoms with E-state index in [-0.39, 0.29) is 29.7 Å². The first-order valence-corrected chi connectivity index (χ1v) is 12.8. The van der Waals surface area contributed by atoms with Gasteiger partial charge in [-0.2, -0.15) is 5.10 Å². The molecule has 0 saturated carbocycles. The fourth-order valence-corrected chi connectivity index (χ4v) is 5.24. The fourth-order valence-electron chi connectivity index (χ4n) is 5.24. The molecule has 8 nitrogen and oxygen atoms in total. The highest BCUT2D eigenvalue weighted by molar-refractivity contribution is 5.78. The van der Waals surface area contributed by atoms with Crippen molar-refractivity contribution in [2.45, 2.75) is 64.6 Å². The van der Waals surface area contributed by atoms with Crippen LogP contribution in [0.5, 0.6) is 11.5 Å². The van der Waals surface area contributed by atoms with Gasteiger partial charge in [0.15, 0.2) is 18.1 Å². The Morgan fingerprint density at radius 3 is 2.58 bits per heavy atom. The molecule has 36 heavy (non-hydrogen) atoms. The Balaban J connectivity index is 1.20. The third-order valence-corrected chi connectivity index (χ3v) is 7.06. The van der Waals surface area contributed by atoms with Gasteiger partial charge in [0, 0.05) is 37.5 Å². The molecule has 2 aliphatic heterocycles. The molecule has 0 unspecified atom stereocenters. The van der Waals surface area contributed by atoms with Gasteiger partial charge in [-0.1, -0.05) is 42.5 Å². The lowest BCUT2D eigenvalue weighted by atomic mass is 9.96. The maximum absolute atomic E-state index is 13.0. The van der Waals surface area contributed by atoms with Gasteiger partial charge in [-0.3, -0.25) is 9.36 Å². The molecule has 0 aliphatic carbocycles. The molecular formula is C28H34N4O4. The van der Waals surface area contributed by atoms with Crippen LogP contribution in [0.25, 0.3) is 0 Å². The topological polar surface area (TPSA) is 78.6 Å². The van der Waals surface area contributed by atoms with Crippen molar-refractivity contribution in [3.05, 3.63) is 76.0 Å². The third-order valence-electron chi connectivity index (χ3n) is 7.06. The van der Waals surface area contributed by atoms with Crippen molar-refractivity contribution < 1.29 is 14.3 Å². The van der Waals surface area contributed by atoms with E-state index in [0.29, 0.717) is 31.9 Å². The second kappa shape index (κ2) is 9.84. The maximum atomic E-state index is 13.0. The van der Waals surface area contributed by atoms with E-state index in [0.717, 1.165) is 42.0 Å². The highest BCUT2D eigenvalue weighted by Gasteiger charge is 2.33. The highest BCUT2D eigenvalue weighted by atomic mass is 16.5. The number of aromatic nitrogens is 3. The predicted octanol–water partition coefficient (Wildman–Crippen LogP) is 3.61. The second-order valence-electron chi connectivity index (χ2n) is 10.3. The third kappa shape index (κ3) is 4.90. The molecule has 5 rings (SSSR count). The summed E-state index contributed by atoms with van der Waals surface area (Å²) in [6.45, 7) is 8.33. The lowest BCUT2D eigenvalue weighted by Crippen LogP contribution is -2.41. The van der Waals surface area contributed by atoms with Crippen LogP contribution < -0.4 is 15.2 Å². The minimum absolute atomic E-state index is 0.0176. The van der Waals surface area contributed by atoms with Crippen LogP contribution in [-0.4, -0.2) is 50.5 Å². The average Bonchev–Trinajstić information content (AvgIpc) is 3.37. The SMILES string of the molecule is CCn1c(C2CCN(C(=O)COc3cccc4c3OC(C)(C)C4)CC2)nn(Cc2ccccc2)c1=O. The van der Waals surface area contributed by atoms with Gasteiger partial charge in [0.2, 0.25) is 0 Å². The summed E-state index contributed by atoms with van der Waals surface area (Å²) in [4.78, 5) is 27.7. The maximum Gasteiger partial charge on any atom is 0.346 e. The standard InChI is InChI=1S/C28H34N4O4/c1-4-31-26(29-32(27(31)34)18-20-9-6-5-7-10-20)21-13-15-30(16-14-21)24(33)19-35-23-12-8-11-22-17-28(2,3)36-25(22)23/h5-12,21H,4,13-19H2,1-3H3. The number of ether oxygens (including phenoxy) is 2. The Morgan fingerprint density at radius 1 is 1.11 bits per heavy atom. The van der Waals surface area contributed by atoms with Crippen LogP contribution in [0, 0.1) is 0 Å². The average molecular weight is 491 g/mol. The second-order valence-corrected chi connectivity index (χ2v) is 10.3. The normalized spacial score (nSPS) is 17.0. The van der Waals surface area contributed by atoms with E-state index in [2.05, 4.69) is 13.8 Å². The number of fused-ring (bicyclic) bond motifs is 1. The van der Waals surface area contributed by atoms with Crippen molar-refractivity contribution in [1.82, 2.24) is 19.2 Å². The molecular weight excluding hydrogens is 456 g/mol. The highest BCUT2D eigenvalue weighted by Crippen LogP contribution is 2.41. The van der Waals surface area contributed by atoms with Gasteiger partial charge in [0.25, 0.3) is 5.91 Å². The van der Waals surface area contributed by atoms with Crippen LogP contribution in [0.4, 0.5) is 0 Å². The molecule has 0 spiro atoms. The summed E-state index contributed by atoms with van der Waals surface area (Å²) in [6.07, 6.45) is 2.36. The summed E-state index contributed by atoms with van der Waals surface area (Å²) in [5, 5.41) is 4.72. The molecule has 1 saturated heterocycles. The molecule has 2 aromatic carbocycles. The van der Waals surface area contributed by atoms with Gasteiger partial charge < -0.3 is 14.4 Å². The number of likely N-dealkylation sites (tertiary alicyclic amines) is 1. The van der Waals surface area contributed by atoms with Crippen LogP contribution in [0.1, 0.15) is 56.5 Å². The summed E-state index contributed by atoms with van der Waals surface area (Å²) >= 11 is 0. The molecule has 0 atom stereocenters. The van der Waals surface area contributed by atoms with Crippen molar-refractivity contribution in [2.24, 2.45) is 0 Å². The number of rotatable bonds is 7. The molecule has 190 valence electrons. The summed E-state index contributed by atoms with van der Waals surface area (Å²) in [6, 6.07) is 15.7. The van der Waals surface area contributed by atoms with Crippen LogP contribution in [0.2, 0.25) is 0 Å². The molecule has 1 aromatic heterocycles. The van der Waals surface area contributed by atoms with Gasteiger partial charge in [0.05, 0.1) is 6.54 Å². The molecule has 0 radical (unpaired) electrons. The van der Waals surface area contributed by atoms with Gasteiger partial charge in [-0.15, -0.1) is 0 Å². The number of hydrogen-bond donors (Lipinski definition) is 0. The van der Waals surface area contributed by atoms with Crippen molar-refractivity contribution >= 4 is 5.91 Å². The zero-order valence-corrected chi connectivity index (χ0v) is 21.3. The van der Waals surface area contributed by atoms with E-state index in [1.54, 1.807) is 9.25 Å². The molecule has 0 N–H and O–H groups in total. The number of benzene rings is 2. The van der Waals surface area contributed by atoms with Crippen molar-refractivity contribution in [3.63, 3.8) is 0 Å². The molecule has 1 fully saturated rings. The van der Waals surface area contributed by atoms with E-state index < -0.39 is 0 Å². The van der Waals surface area contributed by atoms with Crippen LogP contribution in [-0.2, 0) is 24.3 Å². The van der Waals surface area contributed by atoms with Crippen molar-refractivity contribution in [3.8, 4) is 11.5 Å². The minimum atomic E-state index is -0.263. The Morgan fingerprint density at radius 2 is 1.86 bits per heavy atom. The molecule has 3 aromatic rings.